The van der Waals surface area contributed by atoms with Crippen molar-refractivity contribution in [3.05, 3.63) is 59.7 Å². The molecule has 2 aromatic rings. The molecule has 0 aliphatic carbocycles. The summed E-state index contributed by atoms with van der Waals surface area (Å²) in [5, 5.41) is 0. The highest BCUT2D eigenvalue weighted by Crippen LogP contribution is 2.27. The third-order valence-electron chi connectivity index (χ3n) is 6.15. The Balaban J connectivity index is 1.39. The molecule has 0 unspecified atom stereocenters. The van der Waals surface area contributed by atoms with Crippen molar-refractivity contribution in [2.45, 2.75) is 26.3 Å². The van der Waals surface area contributed by atoms with Gasteiger partial charge in [0.15, 0.2) is 5.78 Å². The standard InChI is InChI=1S/C25H27N3O5/c1-3-33-25(32)19-6-10-21(11-7-19)28-23(30)16-22(24(28)31)27-14-12-26(13-15-27)20-8-4-18(5-9-20)17(2)29/h4-11,22H,3,12-16H2,1-2H3/t22-/m0/s1. The minimum absolute atomic E-state index is 0.0378. The van der Waals surface area contributed by atoms with E-state index in [1.165, 1.54) is 4.90 Å². The van der Waals surface area contributed by atoms with Gasteiger partial charge in [0.25, 0.3) is 5.91 Å². The van der Waals surface area contributed by atoms with Crippen LogP contribution in [0.25, 0.3) is 0 Å². The van der Waals surface area contributed by atoms with Gasteiger partial charge in [-0.3, -0.25) is 19.3 Å². The number of Topliss-reactive ketones (excluding diaryl/α,β-unsaturated/α-hetero) is 1. The monoisotopic (exact) mass is 449 g/mol. The molecular weight excluding hydrogens is 422 g/mol. The fourth-order valence-corrected chi connectivity index (χ4v) is 4.33. The number of esters is 1. The fourth-order valence-electron chi connectivity index (χ4n) is 4.33. The zero-order chi connectivity index (χ0) is 23.5. The topological polar surface area (TPSA) is 87.2 Å². The molecule has 2 aromatic carbocycles. The predicted octanol–water partition coefficient (Wildman–Crippen LogP) is 2.52. The molecule has 2 aliphatic rings. The number of nitrogens with zero attached hydrogens (tertiary/aromatic N) is 3. The van der Waals surface area contributed by atoms with Crippen molar-refractivity contribution in [3.63, 3.8) is 0 Å². The highest BCUT2D eigenvalue weighted by Gasteiger charge is 2.43. The number of imide groups is 1. The summed E-state index contributed by atoms with van der Waals surface area (Å²) in [6, 6.07) is 13.4. The van der Waals surface area contributed by atoms with Gasteiger partial charge >= 0.3 is 5.97 Å². The van der Waals surface area contributed by atoms with Crippen LogP contribution in [-0.2, 0) is 14.3 Å². The number of carbonyl (C=O) groups excluding carboxylic acids is 4. The van der Waals surface area contributed by atoms with Gasteiger partial charge in [0, 0.05) is 37.4 Å². The Kier molecular flexibility index (Phi) is 6.55. The Morgan fingerprint density at radius 3 is 2.03 bits per heavy atom. The molecule has 8 nitrogen and oxygen atoms in total. The van der Waals surface area contributed by atoms with Gasteiger partial charge < -0.3 is 9.64 Å². The number of benzene rings is 2. The van der Waals surface area contributed by atoms with E-state index < -0.39 is 12.0 Å². The third-order valence-corrected chi connectivity index (χ3v) is 6.15. The van der Waals surface area contributed by atoms with Gasteiger partial charge in [-0.15, -0.1) is 0 Å². The quantitative estimate of drug-likeness (QED) is 0.380. The number of ether oxygens (including phenoxy) is 1. The molecule has 0 spiro atoms. The molecule has 4 rings (SSSR count). The van der Waals surface area contributed by atoms with E-state index in [0.29, 0.717) is 29.9 Å². The minimum atomic E-state index is -0.482. The maximum atomic E-state index is 13.1. The molecule has 2 aliphatic heterocycles. The molecule has 2 heterocycles. The van der Waals surface area contributed by atoms with Crippen LogP contribution >= 0.6 is 0 Å². The molecular formula is C25H27N3O5. The Bertz CT molecular complexity index is 1060. The number of anilines is 2. The number of piperazine rings is 1. The van der Waals surface area contributed by atoms with E-state index >= 15 is 0 Å². The van der Waals surface area contributed by atoms with Crippen LogP contribution in [0.1, 0.15) is 41.0 Å². The predicted molar refractivity (Wildman–Crippen MR) is 124 cm³/mol. The molecule has 8 heteroatoms. The maximum Gasteiger partial charge on any atom is 0.338 e. The lowest BCUT2D eigenvalue weighted by Crippen LogP contribution is -2.52. The molecule has 1 atom stereocenters. The Hall–Kier alpha value is -3.52. The Labute approximate surface area is 192 Å². The smallest absolute Gasteiger partial charge is 0.338 e. The first-order valence-electron chi connectivity index (χ1n) is 11.1. The van der Waals surface area contributed by atoms with Crippen LogP contribution in [0.5, 0.6) is 0 Å². The summed E-state index contributed by atoms with van der Waals surface area (Å²) in [6.45, 7) is 6.34. The van der Waals surface area contributed by atoms with E-state index in [2.05, 4.69) is 9.80 Å². The molecule has 2 saturated heterocycles. The van der Waals surface area contributed by atoms with Gasteiger partial charge in [-0.25, -0.2) is 9.69 Å². The molecule has 172 valence electrons. The van der Waals surface area contributed by atoms with Crippen LogP contribution in [0.3, 0.4) is 0 Å². The number of hydrogen-bond acceptors (Lipinski definition) is 7. The lowest BCUT2D eigenvalue weighted by molar-refractivity contribution is -0.123. The molecule has 0 radical (unpaired) electrons. The van der Waals surface area contributed by atoms with Gasteiger partial charge in [0.05, 0.1) is 30.3 Å². The summed E-state index contributed by atoms with van der Waals surface area (Å²) in [7, 11) is 0. The number of rotatable bonds is 6. The Morgan fingerprint density at radius 1 is 0.879 bits per heavy atom. The fraction of sp³-hybridized carbons (Fsp3) is 0.360. The molecule has 2 fully saturated rings. The van der Waals surface area contributed by atoms with Crippen molar-refractivity contribution in [2.75, 3.05) is 42.6 Å². The second-order valence-corrected chi connectivity index (χ2v) is 8.18. The average Bonchev–Trinajstić information content (AvgIpc) is 3.13. The molecule has 0 bridgehead atoms. The van der Waals surface area contributed by atoms with E-state index in [4.69, 9.17) is 4.74 Å². The van der Waals surface area contributed by atoms with E-state index in [9.17, 15) is 19.2 Å². The first-order chi connectivity index (χ1) is 15.9. The van der Waals surface area contributed by atoms with Gasteiger partial charge in [0.2, 0.25) is 5.91 Å². The summed E-state index contributed by atoms with van der Waals surface area (Å²) in [5.74, 6) is -0.870. The van der Waals surface area contributed by atoms with Crippen molar-refractivity contribution < 1.29 is 23.9 Å². The minimum Gasteiger partial charge on any atom is -0.462 e. The first-order valence-corrected chi connectivity index (χ1v) is 11.1. The van der Waals surface area contributed by atoms with E-state index in [1.54, 1.807) is 38.1 Å². The SMILES string of the molecule is CCOC(=O)c1ccc(N2C(=O)C[C@H](N3CCN(c4ccc(C(C)=O)cc4)CC3)C2=O)cc1. The highest BCUT2D eigenvalue weighted by atomic mass is 16.5. The van der Waals surface area contributed by atoms with Gasteiger partial charge in [-0.05, 0) is 62.4 Å². The number of carbonyl (C=O) groups is 4. The average molecular weight is 450 g/mol. The number of ketones is 1. The lowest BCUT2D eigenvalue weighted by Gasteiger charge is -2.38. The summed E-state index contributed by atoms with van der Waals surface area (Å²) in [5.41, 5.74) is 2.56. The highest BCUT2D eigenvalue weighted by molar-refractivity contribution is 6.22. The van der Waals surface area contributed by atoms with Crippen LogP contribution < -0.4 is 9.80 Å². The molecule has 0 saturated carbocycles. The summed E-state index contributed by atoms with van der Waals surface area (Å²) in [6.07, 6.45) is 0.145. The summed E-state index contributed by atoms with van der Waals surface area (Å²) >= 11 is 0. The number of amides is 2. The van der Waals surface area contributed by atoms with Crippen LogP contribution in [0.2, 0.25) is 0 Å². The second kappa shape index (κ2) is 9.54. The van der Waals surface area contributed by atoms with Crippen molar-refractivity contribution in [2.24, 2.45) is 0 Å². The van der Waals surface area contributed by atoms with Gasteiger partial charge in [-0.1, -0.05) is 0 Å². The van der Waals surface area contributed by atoms with Crippen LogP contribution in [0.15, 0.2) is 48.5 Å². The van der Waals surface area contributed by atoms with E-state index in [-0.39, 0.29) is 30.6 Å². The van der Waals surface area contributed by atoms with Crippen LogP contribution in [-0.4, -0.2) is 67.3 Å². The molecule has 2 amide bonds. The van der Waals surface area contributed by atoms with Crippen molar-refractivity contribution >= 4 is 34.9 Å². The lowest BCUT2D eigenvalue weighted by atomic mass is 10.1. The van der Waals surface area contributed by atoms with Crippen LogP contribution in [0.4, 0.5) is 11.4 Å². The van der Waals surface area contributed by atoms with Crippen molar-refractivity contribution in [1.29, 1.82) is 0 Å². The summed E-state index contributed by atoms with van der Waals surface area (Å²) in [4.78, 5) is 54.6. The largest absolute Gasteiger partial charge is 0.462 e. The second-order valence-electron chi connectivity index (χ2n) is 8.18. The molecule has 0 aromatic heterocycles. The molecule has 33 heavy (non-hydrogen) atoms. The first kappa shape index (κ1) is 22.7. The zero-order valence-electron chi connectivity index (χ0n) is 18.8. The van der Waals surface area contributed by atoms with E-state index in [1.807, 2.05) is 24.3 Å². The zero-order valence-corrected chi connectivity index (χ0v) is 18.8. The van der Waals surface area contributed by atoms with Crippen molar-refractivity contribution in [1.82, 2.24) is 4.90 Å². The maximum absolute atomic E-state index is 13.1. The molecule has 0 N–H and O–H groups in total. The number of hydrogen-bond donors (Lipinski definition) is 0. The van der Waals surface area contributed by atoms with Crippen molar-refractivity contribution in [3.8, 4) is 0 Å². The summed E-state index contributed by atoms with van der Waals surface area (Å²) < 4.78 is 4.98. The third kappa shape index (κ3) is 4.66. The normalized spacial score (nSPS) is 19.2. The van der Waals surface area contributed by atoms with E-state index in [0.717, 1.165) is 18.8 Å². The van der Waals surface area contributed by atoms with Crippen LogP contribution in [0, 0.1) is 0 Å². The van der Waals surface area contributed by atoms with Gasteiger partial charge in [0.1, 0.15) is 0 Å². The van der Waals surface area contributed by atoms with Gasteiger partial charge in [-0.2, -0.15) is 0 Å². The Morgan fingerprint density at radius 2 is 1.45 bits per heavy atom.